The van der Waals surface area contributed by atoms with Gasteiger partial charge in [0.25, 0.3) is 5.91 Å². The Morgan fingerprint density at radius 3 is 2.43 bits per heavy atom. The molecule has 0 spiro atoms. The SMILES string of the molecule is CCOc1ccc(N2C(=O)/C(=C/c3cn(CCOc4ccccc4OC)c4ccccc34)NC2=S)cc1. The molecule has 37 heavy (non-hydrogen) atoms. The third-order valence-corrected chi connectivity index (χ3v) is 6.35. The molecule has 8 heteroatoms. The Labute approximate surface area is 220 Å². The molecule has 0 unspecified atom stereocenters. The Morgan fingerprint density at radius 1 is 0.946 bits per heavy atom. The van der Waals surface area contributed by atoms with E-state index in [9.17, 15) is 4.79 Å². The standard InChI is InChI=1S/C29H27N3O4S/c1-3-35-22-14-12-21(13-15-22)32-28(33)24(30-29(32)37)18-20-19-31(25-9-5-4-8-23(20)25)16-17-36-27-11-7-6-10-26(27)34-2/h4-15,18-19H,3,16-17H2,1-2H3,(H,30,37)/b24-18-. The highest BCUT2D eigenvalue weighted by molar-refractivity contribution is 7.80. The molecule has 3 aromatic carbocycles. The Hall–Kier alpha value is -4.30. The molecule has 0 bridgehead atoms. The molecule has 1 aromatic heterocycles. The summed E-state index contributed by atoms with van der Waals surface area (Å²) < 4.78 is 19.0. The van der Waals surface area contributed by atoms with E-state index in [2.05, 4.69) is 16.0 Å². The van der Waals surface area contributed by atoms with Crippen LogP contribution in [0.2, 0.25) is 0 Å². The van der Waals surface area contributed by atoms with Gasteiger partial charge < -0.3 is 24.1 Å². The van der Waals surface area contributed by atoms with Crippen LogP contribution in [0.1, 0.15) is 12.5 Å². The number of nitrogens with one attached hydrogen (secondary N) is 1. The van der Waals surface area contributed by atoms with Gasteiger partial charge in [-0.05, 0) is 67.7 Å². The quantitative estimate of drug-likeness (QED) is 0.239. The molecule has 2 heterocycles. The van der Waals surface area contributed by atoms with Gasteiger partial charge in [0.2, 0.25) is 0 Å². The summed E-state index contributed by atoms with van der Waals surface area (Å²) in [5, 5.41) is 4.46. The molecule has 188 valence electrons. The lowest BCUT2D eigenvalue weighted by Crippen LogP contribution is -2.30. The highest BCUT2D eigenvalue weighted by Crippen LogP contribution is 2.29. The number of anilines is 1. The lowest BCUT2D eigenvalue weighted by atomic mass is 10.1. The molecule has 0 saturated carbocycles. The van der Waals surface area contributed by atoms with Crippen LogP contribution in [0.4, 0.5) is 5.69 Å². The van der Waals surface area contributed by atoms with Gasteiger partial charge in [-0.1, -0.05) is 30.3 Å². The zero-order chi connectivity index (χ0) is 25.8. The molecule has 5 rings (SSSR count). The van der Waals surface area contributed by atoms with Crippen molar-refractivity contribution in [3.05, 3.63) is 90.3 Å². The third kappa shape index (κ3) is 5.01. The van der Waals surface area contributed by atoms with Crippen LogP contribution in [-0.4, -0.2) is 35.9 Å². The van der Waals surface area contributed by atoms with Crippen LogP contribution in [0.3, 0.4) is 0 Å². The zero-order valence-electron chi connectivity index (χ0n) is 20.6. The molecular formula is C29H27N3O4S. The first-order chi connectivity index (χ1) is 18.1. The summed E-state index contributed by atoms with van der Waals surface area (Å²) in [4.78, 5) is 14.8. The number of thiocarbonyl (C=S) groups is 1. The number of hydrogen-bond acceptors (Lipinski definition) is 5. The number of nitrogens with zero attached hydrogens (tertiary/aromatic N) is 2. The number of aromatic nitrogens is 1. The lowest BCUT2D eigenvalue weighted by Gasteiger charge is -2.14. The van der Waals surface area contributed by atoms with Gasteiger partial charge in [0.15, 0.2) is 16.6 Å². The van der Waals surface area contributed by atoms with Crippen molar-refractivity contribution >= 4 is 45.9 Å². The second kappa shape index (κ2) is 10.8. The molecule has 1 N–H and O–H groups in total. The summed E-state index contributed by atoms with van der Waals surface area (Å²) in [6, 6.07) is 23.0. The molecule has 1 amide bonds. The molecular weight excluding hydrogens is 486 g/mol. The van der Waals surface area contributed by atoms with E-state index in [1.54, 1.807) is 7.11 Å². The number of rotatable bonds is 9. The highest BCUT2D eigenvalue weighted by atomic mass is 32.1. The number of carbonyl (C=O) groups excluding carboxylic acids is 1. The van der Waals surface area contributed by atoms with E-state index in [1.165, 1.54) is 4.90 Å². The maximum absolute atomic E-state index is 13.3. The van der Waals surface area contributed by atoms with Crippen LogP contribution in [0.5, 0.6) is 17.2 Å². The minimum atomic E-state index is -0.203. The number of benzene rings is 3. The average Bonchev–Trinajstić information content (AvgIpc) is 3.41. The first kappa shape index (κ1) is 24.4. The Kier molecular flexibility index (Phi) is 7.09. The fourth-order valence-corrected chi connectivity index (χ4v) is 4.65. The van der Waals surface area contributed by atoms with E-state index in [1.807, 2.05) is 85.9 Å². The number of hydrogen-bond donors (Lipinski definition) is 1. The van der Waals surface area contributed by atoms with Gasteiger partial charge in [0.1, 0.15) is 18.1 Å². The van der Waals surface area contributed by atoms with Gasteiger partial charge in [0.05, 0.1) is 25.9 Å². The predicted molar refractivity (Wildman–Crippen MR) is 149 cm³/mol. The molecule has 1 saturated heterocycles. The van der Waals surface area contributed by atoms with Crippen molar-refractivity contribution in [2.24, 2.45) is 0 Å². The van der Waals surface area contributed by atoms with E-state index in [0.29, 0.717) is 47.8 Å². The molecule has 1 aliphatic rings. The van der Waals surface area contributed by atoms with E-state index < -0.39 is 0 Å². The number of carbonyl (C=O) groups is 1. The van der Waals surface area contributed by atoms with Gasteiger partial charge in [0, 0.05) is 22.7 Å². The van der Waals surface area contributed by atoms with Crippen LogP contribution in [-0.2, 0) is 11.3 Å². The molecule has 4 aromatic rings. The van der Waals surface area contributed by atoms with E-state index in [0.717, 1.165) is 22.2 Å². The van der Waals surface area contributed by atoms with E-state index in [4.69, 9.17) is 26.4 Å². The summed E-state index contributed by atoms with van der Waals surface area (Å²) in [5.74, 6) is 1.94. The van der Waals surface area contributed by atoms with Crippen LogP contribution >= 0.6 is 12.2 Å². The first-order valence-corrected chi connectivity index (χ1v) is 12.4. The van der Waals surface area contributed by atoms with Crippen molar-refractivity contribution in [3.63, 3.8) is 0 Å². The molecule has 0 radical (unpaired) electrons. The number of amides is 1. The minimum Gasteiger partial charge on any atom is -0.494 e. The fraction of sp³-hybridized carbons (Fsp3) is 0.172. The molecule has 1 fully saturated rings. The second-order valence-electron chi connectivity index (χ2n) is 8.35. The molecule has 1 aliphatic heterocycles. The summed E-state index contributed by atoms with van der Waals surface area (Å²) in [7, 11) is 1.63. The Balaban J connectivity index is 1.37. The van der Waals surface area contributed by atoms with Crippen molar-refractivity contribution in [2.75, 3.05) is 25.2 Å². The van der Waals surface area contributed by atoms with Gasteiger partial charge in [-0.25, -0.2) is 0 Å². The van der Waals surface area contributed by atoms with Crippen molar-refractivity contribution in [1.29, 1.82) is 0 Å². The Bertz CT molecular complexity index is 1480. The normalized spacial score (nSPS) is 14.3. The second-order valence-corrected chi connectivity index (χ2v) is 8.74. The maximum atomic E-state index is 13.3. The third-order valence-electron chi connectivity index (χ3n) is 6.06. The van der Waals surface area contributed by atoms with Gasteiger partial charge >= 0.3 is 0 Å². The van der Waals surface area contributed by atoms with Crippen molar-refractivity contribution in [1.82, 2.24) is 9.88 Å². The summed E-state index contributed by atoms with van der Waals surface area (Å²) >= 11 is 5.49. The largest absolute Gasteiger partial charge is 0.494 e. The number of methoxy groups -OCH3 is 1. The first-order valence-electron chi connectivity index (χ1n) is 12.0. The molecule has 0 aliphatic carbocycles. The highest BCUT2D eigenvalue weighted by Gasteiger charge is 2.32. The lowest BCUT2D eigenvalue weighted by molar-refractivity contribution is -0.113. The van der Waals surface area contributed by atoms with Crippen LogP contribution in [0, 0.1) is 0 Å². The van der Waals surface area contributed by atoms with E-state index >= 15 is 0 Å². The zero-order valence-corrected chi connectivity index (χ0v) is 21.5. The average molecular weight is 514 g/mol. The minimum absolute atomic E-state index is 0.203. The Morgan fingerprint density at radius 2 is 1.68 bits per heavy atom. The van der Waals surface area contributed by atoms with Crippen molar-refractivity contribution < 1.29 is 19.0 Å². The van der Waals surface area contributed by atoms with Crippen LogP contribution in [0.25, 0.3) is 17.0 Å². The van der Waals surface area contributed by atoms with Crippen LogP contribution < -0.4 is 24.4 Å². The predicted octanol–water partition coefficient (Wildman–Crippen LogP) is 5.39. The number of fused-ring (bicyclic) bond motifs is 1. The van der Waals surface area contributed by atoms with Gasteiger partial charge in [-0.3, -0.25) is 9.69 Å². The van der Waals surface area contributed by atoms with Crippen molar-refractivity contribution in [2.45, 2.75) is 13.5 Å². The van der Waals surface area contributed by atoms with Gasteiger partial charge in [-0.2, -0.15) is 0 Å². The molecule has 0 atom stereocenters. The summed E-state index contributed by atoms with van der Waals surface area (Å²) in [6.07, 6.45) is 3.88. The van der Waals surface area contributed by atoms with E-state index in [-0.39, 0.29) is 5.91 Å². The summed E-state index contributed by atoms with van der Waals surface area (Å²) in [5.41, 5.74) is 3.08. The molecule has 7 nitrogen and oxygen atoms in total. The van der Waals surface area contributed by atoms with Gasteiger partial charge in [-0.15, -0.1) is 0 Å². The smallest absolute Gasteiger partial charge is 0.281 e. The summed E-state index contributed by atoms with van der Waals surface area (Å²) in [6.45, 7) is 3.59. The maximum Gasteiger partial charge on any atom is 0.281 e. The monoisotopic (exact) mass is 513 g/mol. The number of ether oxygens (including phenoxy) is 3. The topological polar surface area (TPSA) is 65.0 Å². The van der Waals surface area contributed by atoms with Crippen LogP contribution in [0.15, 0.2) is 84.7 Å². The number of para-hydroxylation sites is 3. The fourth-order valence-electron chi connectivity index (χ4n) is 4.35. The van der Waals surface area contributed by atoms with Crippen molar-refractivity contribution in [3.8, 4) is 17.2 Å².